The Balaban J connectivity index is 2.05. The molecular formula is C20H17F3N2O4S. The molecule has 1 atom stereocenters. The van der Waals surface area contributed by atoms with Crippen LogP contribution in [-0.2, 0) is 20.8 Å². The number of halogens is 3. The van der Waals surface area contributed by atoms with E-state index in [1.165, 1.54) is 24.3 Å². The summed E-state index contributed by atoms with van der Waals surface area (Å²) < 4.78 is 63.7. The lowest BCUT2D eigenvalue weighted by atomic mass is 10.0. The van der Waals surface area contributed by atoms with Crippen molar-refractivity contribution in [1.29, 1.82) is 0 Å². The summed E-state index contributed by atoms with van der Waals surface area (Å²) in [4.78, 5) is 11.3. The van der Waals surface area contributed by atoms with Crippen molar-refractivity contribution >= 4 is 16.1 Å². The van der Waals surface area contributed by atoms with Crippen LogP contribution in [0.3, 0.4) is 0 Å². The van der Waals surface area contributed by atoms with E-state index in [0.29, 0.717) is 23.0 Å². The lowest BCUT2D eigenvalue weighted by molar-refractivity contribution is -0.141. The van der Waals surface area contributed by atoms with Crippen molar-refractivity contribution in [1.82, 2.24) is 9.78 Å². The first-order valence-electron chi connectivity index (χ1n) is 8.68. The monoisotopic (exact) mass is 438 g/mol. The van der Waals surface area contributed by atoms with Gasteiger partial charge >= 0.3 is 6.18 Å². The predicted octanol–water partition coefficient (Wildman–Crippen LogP) is 3.37. The number of carbonyl (C=O) groups is 1. The van der Waals surface area contributed by atoms with Gasteiger partial charge in [-0.15, -0.1) is 0 Å². The van der Waals surface area contributed by atoms with Crippen LogP contribution in [0, 0.1) is 0 Å². The van der Waals surface area contributed by atoms with Crippen LogP contribution < -0.4 is 0 Å². The SMILES string of the molecule is CS(=O)(=O)c1cccc(-c2ccc(-c3cc(C(F)(F)F)nn3C(C=O)CO)cc2)c1. The Morgan fingerprint density at radius 2 is 1.70 bits per heavy atom. The number of carbonyl (C=O) groups excluding carboxylic acids is 1. The van der Waals surface area contributed by atoms with Gasteiger partial charge < -0.3 is 9.90 Å². The molecule has 10 heteroatoms. The summed E-state index contributed by atoms with van der Waals surface area (Å²) >= 11 is 0. The van der Waals surface area contributed by atoms with E-state index in [1.54, 1.807) is 24.3 Å². The minimum absolute atomic E-state index is 0.0184. The third-order valence-corrected chi connectivity index (χ3v) is 5.57. The molecule has 0 fully saturated rings. The molecule has 1 aromatic heterocycles. The fraction of sp³-hybridized carbons (Fsp3) is 0.200. The zero-order valence-corrected chi connectivity index (χ0v) is 16.5. The number of hydrogen-bond acceptors (Lipinski definition) is 5. The average Bonchev–Trinajstić information content (AvgIpc) is 3.14. The number of rotatable bonds is 6. The highest BCUT2D eigenvalue weighted by Gasteiger charge is 2.36. The van der Waals surface area contributed by atoms with E-state index in [4.69, 9.17) is 0 Å². The maximum Gasteiger partial charge on any atom is 0.435 e. The lowest BCUT2D eigenvalue weighted by Gasteiger charge is -2.12. The van der Waals surface area contributed by atoms with Crippen molar-refractivity contribution in [3.8, 4) is 22.4 Å². The first-order chi connectivity index (χ1) is 14.0. The second kappa shape index (κ2) is 8.04. The van der Waals surface area contributed by atoms with Gasteiger partial charge in [0, 0.05) is 6.26 Å². The minimum atomic E-state index is -4.71. The molecule has 0 radical (unpaired) electrons. The van der Waals surface area contributed by atoms with Crippen LogP contribution in [-0.4, -0.2) is 42.5 Å². The molecule has 30 heavy (non-hydrogen) atoms. The summed E-state index contributed by atoms with van der Waals surface area (Å²) in [6, 6.07) is 12.2. The molecule has 0 saturated carbocycles. The predicted molar refractivity (Wildman–Crippen MR) is 103 cm³/mol. The summed E-state index contributed by atoms with van der Waals surface area (Å²) in [7, 11) is -3.39. The summed E-state index contributed by atoms with van der Waals surface area (Å²) in [5, 5.41) is 12.8. The van der Waals surface area contributed by atoms with Gasteiger partial charge in [0.25, 0.3) is 0 Å². The molecule has 1 unspecified atom stereocenters. The van der Waals surface area contributed by atoms with Crippen LogP contribution in [0.1, 0.15) is 11.7 Å². The smallest absolute Gasteiger partial charge is 0.394 e. The molecule has 0 aliphatic rings. The second-order valence-electron chi connectivity index (χ2n) is 6.62. The number of aromatic nitrogens is 2. The van der Waals surface area contributed by atoms with E-state index in [9.17, 15) is 31.5 Å². The number of nitrogens with zero attached hydrogens (tertiary/aromatic N) is 2. The Morgan fingerprint density at radius 1 is 1.07 bits per heavy atom. The third kappa shape index (κ3) is 4.44. The van der Waals surface area contributed by atoms with Crippen LogP contribution in [0.5, 0.6) is 0 Å². The molecule has 2 aromatic carbocycles. The molecule has 0 saturated heterocycles. The van der Waals surface area contributed by atoms with E-state index >= 15 is 0 Å². The van der Waals surface area contributed by atoms with Crippen LogP contribution in [0.4, 0.5) is 13.2 Å². The highest BCUT2D eigenvalue weighted by molar-refractivity contribution is 7.90. The van der Waals surface area contributed by atoms with Crippen molar-refractivity contribution in [2.24, 2.45) is 0 Å². The summed E-state index contributed by atoms with van der Waals surface area (Å²) in [5.74, 6) is 0. The minimum Gasteiger partial charge on any atom is -0.394 e. The first kappa shape index (κ1) is 21.7. The number of aldehydes is 1. The maximum atomic E-state index is 13.1. The zero-order chi connectivity index (χ0) is 22.1. The number of aliphatic hydroxyl groups excluding tert-OH is 1. The summed E-state index contributed by atoms with van der Waals surface area (Å²) in [5.41, 5.74) is 0.463. The molecule has 0 aliphatic carbocycles. The molecule has 3 rings (SSSR count). The summed E-state index contributed by atoms with van der Waals surface area (Å²) in [6.45, 7) is -0.703. The lowest BCUT2D eigenvalue weighted by Crippen LogP contribution is -2.18. The van der Waals surface area contributed by atoms with Gasteiger partial charge in [0.2, 0.25) is 0 Å². The molecule has 0 amide bonds. The molecule has 1 N–H and O–H groups in total. The normalized spacial score (nSPS) is 13.2. The molecule has 0 spiro atoms. The van der Waals surface area contributed by atoms with Crippen LogP contribution in [0.15, 0.2) is 59.5 Å². The van der Waals surface area contributed by atoms with Gasteiger partial charge in [-0.2, -0.15) is 18.3 Å². The van der Waals surface area contributed by atoms with Gasteiger partial charge in [-0.25, -0.2) is 8.42 Å². The van der Waals surface area contributed by atoms with Crippen molar-refractivity contribution < 1.29 is 31.5 Å². The van der Waals surface area contributed by atoms with Gasteiger partial charge in [0.1, 0.15) is 12.3 Å². The fourth-order valence-corrected chi connectivity index (χ4v) is 3.59. The van der Waals surface area contributed by atoms with E-state index in [-0.39, 0.29) is 10.6 Å². The highest BCUT2D eigenvalue weighted by Crippen LogP contribution is 2.34. The molecule has 0 bridgehead atoms. The molecule has 6 nitrogen and oxygen atoms in total. The Bertz CT molecular complexity index is 1170. The first-order valence-corrected chi connectivity index (χ1v) is 10.6. The number of benzene rings is 2. The standard InChI is InChI=1S/C20H17F3N2O4S/c1-30(28,29)17-4-2-3-15(9-17)13-5-7-14(8-6-13)18-10-19(20(21,22)23)24-25(18)16(11-26)12-27/h2-11,16,27H,12H2,1H3. The number of hydrogen-bond donors (Lipinski definition) is 1. The van der Waals surface area contributed by atoms with Crippen LogP contribution >= 0.6 is 0 Å². The van der Waals surface area contributed by atoms with E-state index in [1.807, 2.05) is 0 Å². The zero-order valence-electron chi connectivity index (χ0n) is 15.7. The molecule has 0 aliphatic heterocycles. The van der Waals surface area contributed by atoms with E-state index in [0.717, 1.165) is 17.0 Å². The van der Waals surface area contributed by atoms with Crippen molar-refractivity contribution in [2.75, 3.05) is 12.9 Å². The Kier molecular flexibility index (Phi) is 5.82. The third-order valence-electron chi connectivity index (χ3n) is 4.46. The van der Waals surface area contributed by atoms with Gasteiger partial charge in [-0.3, -0.25) is 4.68 Å². The van der Waals surface area contributed by atoms with Crippen molar-refractivity contribution in [3.63, 3.8) is 0 Å². The quantitative estimate of drug-likeness (QED) is 0.596. The molecule has 3 aromatic rings. The van der Waals surface area contributed by atoms with Crippen LogP contribution in [0.2, 0.25) is 0 Å². The van der Waals surface area contributed by atoms with Gasteiger partial charge in [-0.1, -0.05) is 36.4 Å². The van der Waals surface area contributed by atoms with E-state index < -0.39 is 34.4 Å². The van der Waals surface area contributed by atoms with Gasteiger partial charge in [-0.05, 0) is 34.9 Å². The highest BCUT2D eigenvalue weighted by atomic mass is 32.2. The van der Waals surface area contributed by atoms with E-state index in [2.05, 4.69) is 5.10 Å². The Labute approximate surface area is 170 Å². The number of sulfone groups is 1. The maximum absolute atomic E-state index is 13.1. The second-order valence-corrected chi connectivity index (χ2v) is 8.64. The van der Waals surface area contributed by atoms with Crippen molar-refractivity contribution in [3.05, 3.63) is 60.3 Å². The van der Waals surface area contributed by atoms with Gasteiger partial charge in [0.05, 0.1) is 17.2 Å². The Morgan fingerprint density at radius 3 is 2.23 bits per heavy atom. The van der Waals surface area contributed by atoms with Gasteiger partial charge in [0.15, 0.2) is 15.5 Å². The number of aliphatic hydroxyl groups is 1. The topological polar surface area (TPSA) is 89.3 Å². The molecule has 1 heterocycles. The fourth-order valence-electron chi connectivity index (χ4n) is 2.92. The van der Waals surface area contributed by atoms with Crippen LogP contribution in [0.25, 0.3) is 22.4 Å². The largest absolute Gasteiger partial charge is 0.435 e. The van der Waals surface area contributed by atoms with Crippen molar-refractivity contribution in [2.45, 2.75) is 17.1 Å². The summed E-state index contributed by atoms with van der Waals surface area (Å²) in [6.07, 6.45) is -3.30. The molecular weight excluding hydrogens is 421 g/mol. The Hall–Kier alpha value is -2.98. The average molecular weight is 438 g/mol. The number of alkyl halides is 3. The molecule has 158 valence electrons.